The second kappa shape index (κ2) is 6.78. The van der Waals surface area contributed by atoms with Gasteiger partial charge >= 0.3 is 5.97 Å². The number of carboxylic acid groups (broad SMARTS) is 1. The zero-order valence-electron chi connectivity index (χ0n) is 13.4. The summed E-state index contributed by atoms with van der Waals surface area (Å²) in [5, 5.41) is 8.88. The van der Waals surface area contributed by atoms with Crippen LogP contribution in [0, 0.1) is 6.92 Å². The highest BCUT2D eigenvalue weighted by Crippen LogP contribution is 2.21. The number of hydrogen-bond acceptors (Lipinski definition) is 4. The Hall–Kier alpha value is -2.76. The van der Waals surface area contributed by atoms with Crippen molar-refractivity contribution in [1.82, 2.24) is 4.90 Å². The minimum atomic E-state index is -1.11. The van der Waals surface area contributed by atoms with Crippen molar-refractivity contribution in [2.45, 2.75) is 25.9 Å². The molecule has 1 aromatic carbocycles. The Kier molecular flexibility index (Phi) is 4.55. The van der Waals surface area contributed by atoms with Gasteiger partial charge in [0, 0.05) is 32.0 Å². The first-order chi connectivity index (χ1) is 11.5. The van der Waals surface area contributed by atoms with Crippen LogP contribution < -0.4 is 4.74 Å². The van der Waals surface area contributed by atoms with Crippen LogP contribution in [-0.4, -0.2) is 41.1 Å². The highest BCUT2D eigenvalue weighted by molar-refractivity contribution is 5.95. The van der Waals surface area contributed by atoms with E-state index in [4.69, 9.17) is 14.3 Å². The summed E-state index contributed by atoms with van der Waals surface area (Å²) in [4.78, 5) is 24.9. The Morgan fingerprint density at radius 3 is 2.46 bits per heavy atom. The number of rotatable bonds is 4. The van der Waals surface area contributed by atoms with Crippen LogP contribution in [0.15, 0.2) is 41.0 Å². The SMILES string of the molecule is Cc1ccc(OC2CCN(C(=O)c3cc(C(=O)O)co3)CC2)cc1. The standard InChI is InChI=1S/C18H19NO5/c1-12-2-4-14(5-3-12)24-15-6-8-19(9-7-15)17(20)16-10-13(11-23-16)18(21)22/h2-5,10-11,15H,6-9H2,1H3,(H,21,22). The number of benzene rings is 1. The smallest absolute Gasteiger partial charge is 0.338 e. The van der Waals surface area contributed by atoms with Gasteiger partial charge in [0.1, 0.15) is 18.1 Å². The average Bonchev–Trinajstić information content (AvgIpc) is 3.07. The van der Waals surface area contributed by atoms with E-state index in [0.29, 0.717) is 13.1 Å². The lowest BCUT2D eigenvalue weighted by Crippen LogP contribution is -2.41. The maximum atomic E-state index is 12.3. The topological polar surface area (TPSA) is 80.0 Å². The second-order valence-electron chi connectivity index (χ2n) is 5.93. The average molecular weight is 329 g/mol. The first-order valence-corrected chi connectivity index (χ1v) is 7.87. The minimum Gasteiger partial charge on any atom is -0.490 e. The summed E-state index contributed by atoms with van der Waals surface area (Å²) in [5.74, 6) is -0.493. The molecule has 6 nitrogen and oxygen atoms in total. The fourth-order valence-corrected chi connectivity index (χ4v) is 2.70. The Balaban J connectivity index is 1.55. The molecule has 1 N–H and O–H groups in total. The lowest BCUT2D eigenvalue weighted by Gasteiger charge is -2.31. The Morgan fingerprint density at radius 1 is 1.21 bits per heavy atom. The van der Waals surface area contributed by atoms with Crippen LogP contribution >= 0.6 is 0 Å². The zero-order valence-corrected chi connectivity index (χ0v) is 13.4. The summed E-state index contributed by atoms with van der Waals surface area (Å²) in [6, 6.07) is 9.17. The number of furan rings is 1. The van der Waals surface area contributed by atoms with Crippen LogP contribution in [0.5, 0.6) is 5.75 Å². The van der Waals surface area contributed by atoms with E-state index < -0.39 is 5.97 Å². The van der Waals surface area contributed by atoms with E-state index >= 15 is 0 Å². The number of piperidine rings is 1. The van der Waals surface area contributed by atoms with Gasteiger partial charge in [-0.1, -0.05) is 17.7 Å². The molecule has 1 aromatic heterocycles. The van der Waals surface area contributed by atoms with Gasteiger partial charge in [0.2, 0.25) is 0 Å². The predicted octanol–water partition coefficient (Wildman–Crippen LogP) is 2.97. The number of carbonyl (C=O) groups excluding carboxylic acids is 1. The van der Waals surface area contributed by atoms with E-state index in [2.05, 4.69) is 0 Å². The Bertz CT molecular complexity index is 726. The van der Waals surface area contributed by atoms with E-state index in [1.54, 1.807) is 4.90 Å². The molecular formula is C18H19NO5. The maximum Gasteiger partial charge on any atom is 0.338 e. The summed E-state index contributed by atoms with van der Waals surface area (Å²) < 4.78 is 11.0. The highest BCUT2D eigenvalue weighted by Gasteiger charge is 2.27. The van der Waals surface area contributed by atoms with Gasteiger partial charge in [-0.25, -0.2) is 4.79 Å². The summed E-state index contributed by atoms with van der Waals surface area (Å²) in [5.41, 5.74) is 1.16. The minimum absolute atomic E-state index is 0.0176. The number of amides is 1. The molecule has 1 aliphatic heterocycles. The Morgan fingerprint density at radius 2 is 1.88 bits per heavy atom. The van der Waals surface area contributed by atoms with Crippen LogP contribution in [0.4, 0.5) is 0 Å². The molecule has 0 bridgehead atoms. The van der Waals surface area contributed by atoms with Gasteiger partial charge in [0.25, 0.3) is 5.91 Å². The number of carbonyl (C=O) groups is 2. The molecule has 126 valence electrons. The zero-order chi connectivity index (χ0) is 17.1. The van der Waals surface area contributed by atoms with Crippen LogP contribution in [0.1, 0.15) is 39.3 Å². The van der Waals surface area contributed by atoms with Crippen molar-refractivity contribution >= 4 is 11.9 Å². The monoisotopic (exact) mass is 329 g/mol. The van der Waals surface area contributed by atoms with E-state index in [9.17, 15) is 9.59 Å². The van der Waals surface area contributed by atoms with Crippen molar-refractivity contribution in [1.29, 1.82) is 0 Å². The fraction of sp³-hybridized carbons (Fsp3) is 0.333. The molecule has 2 heterocycles. The number of nitrogens with zero attached hydrogens (tertiary/aromatic N) is 1. The largest absolute Gasteiger partial charge is 0.490 e. The first-order valence-electron chi connectivity index (χ1n) is 7.87. The van der Waals surface area contributed by atoms with Gasteiger partial charge in [0.05, 0.1) is 5.56 Å². The summed E-state index contributed by atoms with van der Waals surface area (Å²) in [6.45, 7) is 3.13. The van der Waals surface area contributed by atoms with Gasteiger partial charge in [0.15, 0.2) is 5.76 Å². The number of likely N-dealkylation sites (tertiary alicyclic amines) is 1. The van der Waals surface area contributed by atoms with Crippen LogP contribution in [0.3, 0.4) is 0 Å². The quantitative estimate of drug-likeness (QED) is 0.933. The molecule has 3 rings (SSSR count). The molecule has 0 unspecified atom stereocenters. The number of aryl methyl sites for hydroxylation is 1. The van der Waals surface area contributed by atoms with E-state index in [1.807, 2.05) is 31.2 Å². The van der Waals surface area contributed by atoms with Gasteiger partial charge in [-0.05, 0) is 19.1 Å². The molecule has 24 heavy (non-hydrogen) atoms. The van der Waals surface area contributed by atoms with Crippen LogP contribution in [-0.2, 0) is 0 Å². The highest BCUT2D eigenvalue weighted by atomic mass is 16.5. The first kappa shape index (κ1) is 16.1. The molecule has 0 atom stereocenters. The molecular weight excluding hydrogens is 310 g/mol. The van der Waals surface area contributed by atoms with Gasteiger partial charge in [-0.2, -0.15) is 0 Å². The van der Waals surface area contributed by atoms with E-state index in [0.717, 1.165) is 24.9 Å². The molecule has 2 aromatic rings. The summed E-state index contributed by atoms with van der Waals surface area (Å²) >= 11 is 0. The molecule has 1 saturated heterocycles. The van der Waals surface area contributed by atoms with E-state index in [1.165, 1.54) is 11.6 Å². The van der Waals surface area contributed by atoms with Crippen molar-refractivity contribution in [3.63, 3.8) is 0 Å². The molecule has 0 spiro atoms. The predicted molar refractivity (Wildman–Crippen MR) is 86.4 cm³/mol. The molecule has 0 radical (unpaired) electrons. The molecule has 1 amide bonds. The number of ether oxygens (including phenoxy) is 1. The molecule has 0 aliphatic carbocycles. The summed E-state index contributed by atoms with van der Waals surface area (Å²) in [6.07, 6.45) is 2.61. The van der Waals surface area contributed by atoms with Crippen molar-refractivity contribution in [2.24, 2.45) is 0 Å². The molecule has 0 saturated carbocycles. The summed E-state index contributed by atoms with van der Waals surface area (Å²) in [7, 11) is 0. The lowest BCUT2D eigenvalue weighted by atomic mass is 10.1. The normalized spacial score (nSPS) is 15.3. The van der Waals surface area contributed by atoms with Crippen molar-refractivity contribution < 1.29 is 23.8 Å². The van der Waals surface area contributed by atoms with Crippen molar-refractivity contribution in [3.8, 4) is 5.75 Å². The molecule has 1 fully saturated rings. The second-order valence-corrected chi connectivity index (χ2v) is 5.93. The van der Waals surface area contributed by atoms with Gasteiger partial charge in [-0.3, -0.25) is 4.79 Å². The number of hydrogen-bond donors (Lipinski definition) is 1. The Labute approximate surface area is 139 Å². The lowest BCUT2D eigenvalue weighted by molar-refractivity contribution is 0.0566. The third-order valence-corrected chi connectivity index (χ3v) is 4.11. The molecule has 6 heteroatoms. The van der Waals surface area contributed by atoms with Crippen molar-refractivity contribution in [2.75, 3.05) is 13.1 Å². The van der Waals surface area contributed by atoms with Gasteiger partial charge < -0.3 is 19.2 Å². The van der Waals surface area contributed by atoms with E-state index in [-0.39, 0.29) is 23.3 Å². The number of aromatic carboxylic acids is 1. The van der Waals surface area contributed by atoms with Crippen molar-refractivity contribution in [3.05, 3.63) is 53.5 Å². The van der Waals surface area contributed by atoms with Crippen LogP contribution in [0.25, 0.3) is 0 Å². The molecule has 1 aliphatic rings. The van der Waals surface area contributed by atoms with Gasteiger partial charge in [-0.15, -0.1) is 0 Å². The third kappa shape index (κ3) is 3.59. The maximum absolute atomic E-state index is 12.3. The fourth-order valence-electron chi connectivity index (χ4n) is 2.70. The number of carboxylic acids is 1. The third-order valence-electron chi connectivity index (χ3n) is 4.11. The van der Waals surface area contributed by atoms with Crippen LogP contribution in [0.2, 0.25) is 0 Å².